The van der Waals surface area contributed by atoms with Crippen molar-refractivity contribution in [3.8, 4) is 11.5 Å². The summed E-state index contributed by atoms with van der Waals surface area (Å²) >= 11 is 0. The van der Waals surface area contributed by atoms with Gasteiger partial charge in [-0.25, -0.2) is 4.79 Å². The molecule has 5 nitrogen and oxygen atoms in total. The van der Waals surface area contributed by atoms with E-state index in [4.69, 9.17) is 14.2 Å². The lowest BCUT2D eigenvalue weighted by atomic mass is 9.75. The Kier molecular flexibility index (Phi) is 6.30. The number of fused-ring (bicyclic) bond motifs is 2. The summed E-state index contributed by atoms with van der Waals surface area (Å²) in [6, 6.07) is 14.8. The van der Waals surface area contributed by atoms with Crippen molar-refractivity contribution in [2.24, 2.45) is 17.8 Å². The van der Waals surface area contributed by atoms with Crippen molar-refractivity contribution in [3.63, 3.8) is 0 Å². The lowest BCUT2D eigenvalue weighted by Crippen LogP contribution is -2.37. The van der Waals surface area contributed by atoms with Gasteiger partial charge in [-0.1, -0.05) is 63.6 Å². The maximum Gasteiger partial charge on any atom is 0.344 e. The maximum atomic E-state index is 13.1. The monoisotopic (exact) mass is 422 g/mol. The third-order valence-electron chi connectivity index (χ3n) is 6.49. The van der Waals surface area contributed by atoms with E-state index in [1.807, 2.05) is 48.5 Å². The molecule has 0 radical (unpaired) electrons. The van der Waals surface area contributed by atoms with Gasteiger partial charge < -0.3 is 14.2 Å². The van der Waals surface area contributed by atoms with Gasteiger partial charge in [0.25, 0.3) is 0 Å². The van der Waals surface area contributed by atoms with Crippen LogP contribution in [0.5, 0.6) is 11.5 Å². The normalized spacial score (nSPS) is 22.8. The Hall–Kier alpha value is -2.82. The molecule has 0 N–H and O–H groups in total. The molecular formula is C26H30O5. The minimum Gasteiger partial charge on any atom is -0.460 e. The number of esters is 2. The van der Waals surface area contributed by atoms with Crippen molar-refractivity contribution in [3.05, 3.63) is 59.7 Å². The maximum absolute atomic E-state index is 13.1. The first-order valence-corrected chi connectivity index (χ1v) is 11.2. The third kappa shape index (κ3) is 4.60. The van der Waals surface area contributed by atoms with Gasteiger partial charge >= 0.3 is 11.9 Å². The van der Waals surface area contributed by atoms with E-state index in [9.17, 15) is 9.59 Å². The number of hydrogen-bond acceptors (Lipinski definition) is 5. The fourth-order valence-corrected chi connectivity index (χ4v) is 4.83. The Balaban J connectivity index is 1.44. The Morgan fingerprint density at radius 2 is 1.61 bits per heavy atom. The van der Waals surface area contributed by atoms with Crippen molar-refractivity contribution in [2.75, 3.05) is 6.61 Å². The molecule has 1 aliphatic carbocycles. The van der Waals surface area contributed by atoms with Gasteiger partial charge in [0, 0.05) is 11.1 Å². The molecule has 5 heteroatoms. The van der Waals surface area contributed by atoms with Crippen molar-refractivity contribution in [2.45, 2.75) is 52.1 Å². The first-order valence-electron chi connectivity index (χ1n) is 11.2. The number of para-hydroxylation sites is 2. The SMILES string of the molecule is CC(C)[C@@H]1CC[C@H](C)C[C@H]1OC(=O)COC(=O)C1c2ccccc2Oc2ccccc21. The predicted molar refractivity (Wildman–Crippen MR) is 117 cm³/mol. The molecule has 0 amide bonds. The molecular weight excluding hydrogens is 392 g/mol. The molecule has 1 saturated carbocycles. The van der Waals surface area contributed by atoms with Crippen LogP contribution >= 0.6 is 0 Å². The summed E-state index contributed by atoms with van der Waals surface area (Å²) in [4.78, 5) is 25.6. The van der Waals surface area contributed by atoms with Crippen LogP contribution in [-0.4, -0.2) is 24.6 Å². The average Bonchev–Trinajstić information content (AvgIpc) is 2.75. The van der Waals surface area contributed by atoms with E-state index in [2.05, 4.69) is 20.8 Å². The van der Waals surface area contributed by atoms with Crippen LogP contribution in [-0.2, 0) is 19.1 Å². The molecule has 164 valence electrons. The van der Waals surface area contributed by atoms with Crippen LogP contribution in [0.4, 0.5) is 0 Å². The fourth-order valence-electron chi connectivity index (χ4n) is 4.83. The van der Waals surface area contributed by atoms with Crippen LogP contribution in [0, 0.1) is 17.8 Å². The standard InChI is InChI=1S/C26H30O5/c1-16(2)18-13-12-17(3)14-23(18)31-24(27)15-29-26(28)25-19-8-4-6-10-21(19)30-22-11-7-5-9-20(22)25/h4-11,16-18,23,25H,12-15H2,1-3H3/t17-,18-,23+/m0/s1. The van der Waals surface area contributed by atoms with Crippen LogP contribution in [0.2, 0.25) is 0 Å². The van der Waals surface area contributed by atoms with E-state index < -0.39 is 17.9 Å². The summed E-state index contributed by atoms with van der Waals surface area (Å²) < 4.78 is 17.2. The zero-order valence-corrected chi connectivity index (χ0v) is 18.4. The van der Waals surface area contributed by atoms with Crippen LogP contribution in [0.1, 0.15) is 57.1 Å². The molecule has 0 unspecified atom stereocenters. The lowest BCUT2D eigenvalue weighted by molar-refractivity contribution is -0.167. The predicted octanol–water partition coefficient (Wildman–Crippen LogP) is 5.47. The molecule has 0 aromatic heterocycles. The van der Waals surface area contributed by atoms with Crippen molar-refractivity contribution in [1.82, 2.24) is 0 Å². The summed E-state index contributed by atoms with van der Waals surface area (Å²) in [7, 11) is 0. The largest absolute Gasteiger partial charge is 0.460 e. The number of ether oxygens (including phenoxy) is 3. The Morgan fingerprint density at radius 1 is 1.00 bits per heavy atom. The topological polar surface area (TPSA) is 61.8 Å². The van der Waals surface area contributed by atoms with Gasteiger partial charge in [0.2, 0.25) is 0 Å². The fraction of sp³-hybridized carbons (Fsp3) is 0.462. The molecule has 2 aromatic carbocycles. The van der Waals surface area contributed by atoms with Crippen LogP contribution in [0.25, 0.3) is 0 Å². The van der Waals surface area contributed by atoms with E-state index in [-0.39, 0.29) is 12.7 Å². The quantitative estimate of drug-likeness (QED) is 0.598. The highest BCUT2D eigenvalue weighted by Crippen LogP contribution is 2.44. The summed E-state index contributed by atoms with van der Waals surface area (Å²) in [6.07, 6.45) is 2.98. The van der Waals surface area contributed by atoms with Gasteiger partial charge in [-0.15, -0.1) is 0 Å². The van der Waals surface area contributed by atoms with Gasteiger partial charge in [0.1, 0.15) is 23.5 Å². The van der Waals surface area contributed by atoms with E-state index in [0.29, 0.717) is 29.3 Å². The van der Waals surface area contributed by atoms with E-state index in [0.717, 1.165) is 30.4 Å². The van der Waals surface area contributed by atoms with Gasteiger partial charge in [-0.2, -0.15) is 0 Å². The zero-order chi connectivity index (χ0) is 22.0. The van der Waals surface area contributed by atoms with Crippen molar-refractivity contribution < 1.29 is 23.8 Å². The van der Waals surface area contributed by atoms with E-state index in [1.165, 1.54) is 0 Å². The molecule has 31 heavy (non-hydrogen) atoms. The van der Waals surface area contributed by atoms with E-state index in [1.54, 1.807) is 0 Å². The molecule has 4 rings (SSSR count). The molecule has 2 aromatic rings. The first-order chi connectivity index (χ1) is 14.9. The smallest absolute Gasteiger partial charge is 0.344 e. The minimum absolute atomic E-state index is 0.112. The molecule has 1 heterocycles. The summed E-state index contributed by atoms with van der Waals surface area (Å²) in [6.45, 7) is 6.15. The second-order valence-corrected chi connectivity index (χ2v) is 9.07. The van der Waals surface area contributed by atoms with Crippen molar-refractivity contribution >= 4 is 11.9 Å². The zero-order valence-electron chi connectivity index (χ0n) is 18.4. The number of benzene rings is 2. The second kappa shape index (κ2) is 9.13. The highest BCUT2D eigenvalue weighted by atomic mass is 16.6. The Morgan fingerprint density at radius 3 is 2.23 bits per heavy atom. The molecule has 1 aliphatic heterocycles. The summed E-state index contributed by atoms with van der Waals surface area (Å²) in [5.74, 6) is 0.999. The highest BCUT2D eigenvalue weighted by molar-refractivity contribution is 5.87. The minimum atomic E-state index is -0.632. The molecule has 0 spiro atoms. The number of hydrogen-bond donors (Lipinski definition) is 0. The van der Waals surface area contributed by atoms with Gasteiger partial charge in [-0.05, 0) is 42.7 Å². The van der Waals surface area contributed by atoms with Gasteiger partial charge in [0.05, 0.1) is 0 Å². The number of rotatable bonds is 5. The molecule has 0 bridgehead atoms. The summed E-state index contributed by atoms with van der Waals surface area (Å²) in [5.41, 5.74) is 1.47. The van der Waals surface area contributed by atoms with Gasteiger partial charge in [-0.3, -0.25) is 4.79 Å². The molecule has 2 aliphatic rings. The first kappa shape index (κ1) is 21.4. The highest BCUT2D eigenvalue weighted by Gasteiger charge is 2.36. The molecule has 3 atom stereocenters. The third-order valence-corrected chi connectivity index (χ3v) is 6.49. The lowest BCUT2D eigenvalue weighted by Gasteiger charge is -2.36. The Bertz CT molecular complexity index is 905. The van der Waals surface area contributed by atoms with Crippen molar-refractivity contribution in [1.29, 1.82) is 0 Å². The number of carbonyl (C=O) groups is 2. The van der Waals surface area contributed by atoms with Crippen LogP contribution in [0.3, 0.4) is 0 Å². The second-order valence-electron chi connectivity index (χ2n) is 9.07. The van der Waals surface area contributed by atoms with Gasteiger partial charge in [0.15, 0.2) is 6.61 Å². The van der Waals surface area contributed by atoms with Crippen LogP contribution in [0.15, 0.2) is 48.5 Å². The van der Waals surface area contributed by atoms with E-state index >= 15 is 0 Å². The molecule has 0 saturated heterocycles. The average molecular weight is 423 g/mol. The Labute approximate surface area is 183 Å². The van der Waals surface area contributed by atoms with Crippen LogP contribution < -0.4 is 4.74 Å². The summed E-state index contributed by atoms with van der Waals surface area (Å²) in [5, 5.41) is 0. The molecule has 1 fully saturated rings. The number of carbonyl (C=O) groups excluding carboxylic acids is 2.